The van der Waals surface area contributed by atoms with E-state index in [1.165, 1.54) is 16.4 Å². The molecule has 236 valence electrons. The fourth-order valence-electron chi connectivity index (χ4n) is 5.73. The largest absolute Gasteiger partial charge is 0.416 e. The Morgan fingerprint density at radius 1 is 1.04 bits per heavy atom. The molecule has 3 N–H and O–H groups in total. The smallest absolute Gasteiger partial charge is 0.382 e. The van der Waals surface area contributed by atoms with Gasteiger partial charge in [-0.1, -0.05) is 12.1 Å². The van der Waals surface area contributed by atoms with E-state index in [1.807, 2.05) is 4.40 Å². The lowest BCUT2D eigenvalue weighted by molar-refractivity contribution is -0.140. The molecule has 4 aromatic rings. The zero-order valence-electron chi connectivity index (χ0n) is 24.0. The van der Waals surface area contributed by atoms with Crippen molar-refractivity contribution in [1.29, 1.82) is 0 Å². The minimum Gasteiger partial charge on any atom is -0.382 e. The monoisotopic (exact) mass is 642 g/mol. The van der Waals surface area contributed by atoms with Crippen molar-refractivity contribution < 1.29 is 31.2 Å². The summed E-state index contributed by atoms with van der Waals surface area (Å²) in [5, 5.41) is 2.39. The molecule has 16 heteroatoms. The number of nitrogen functional groups attached to an aromatic ring is 1. The summed E-state index contributed by atoms with van der Waals surface area (Å²) in [6.45, 7) is 1.35. The van der Waals surface area contributed by atoms with Gasteiger partial charge in [0.1, 0.15) is 28.7 Å². The summed E-state index contributed by atoms with van der Waals surface area (Å²) in [7, 11) is -3.33. The van der Waals surface area contributed by atoms with Crippen LogP contribution in [0.3, 0.4) is 0 Å². The van der Waals surface area contributed by atoms with Crippen molar-refractivity contribution in [3.8, 4) is 11.3 Å². The number of fused-ring (bicyclic) bond motifs is 1. The van der Waals surface area contributed by atoms with Crippen LogP contribution in [0.25, 0.3) is 16.8 Å². The molecule has 2 aliphatic rings. The number of nitrogens with zero attached hydrogens (tertiary/aromatic N) is 6. The summed E-state index contributed by atoms with van der Waals surface area (Å²) in [5.74, 6) is -0.502. The Morgan fingerprint density at radius 2 is 1.78 bits per heavy atom. The maximum Gasteiger partial charge on any atom is 0.416 e. The topological polar surface area (TPSA) is 156 Å². The van der Waals surface area contributed by atoms with Gasteiger partial charge >= 0.3 is 6.18 Å². The molecule has 2 fully saturated rings. The third-order valence-corrected chi connectivity index (χ3v) is 9.36. The number of piperidine rings is 1. The fraction of sp³-hybridized carbons (Fsp3) is 0.345. The maximum atomic E-state index is 13.2. The third kappa shape index (κ3) is 6.07. The van der Waals surface area contributed by atoms with Crippen LogP contribution in [0.1, 0.15) is 40.5 Å². The lowest BCUT2D eigenvalue weighted by atomic mass is 9.94. The van der Waals surface area contributed by atoms with Gasteiger partial charge in [0.05, 0.1) is 17.7 Å². The molecule has 2 aliphatic heterocycles. The normalized spacial score (nSPS) is 18.1. The first kappa shape index (κ1) is 30.5. The number of sulfonamides is 1. The van der Waals surface area contributed by atoms with E-state index in [-0.39, 0.29) is 48.0 Å². The van der Waals surface area contributed by atoms with Crippen molar-refractivity contribution in [2.75, 3.05) is 43.5 Å². The molecule has 12 nitrogen and oxygen atoms in total. The van der Waals surface area contributed by atoms with E-state index in [2.05, 4.69) is 15.3 Å². The number of rotatable bonds is 6. The number of carbonyl (C=O) groups is 2. The van der Waals surface area contributed by atoms with Crippen molar-refractivity contribution in [2.45, 2.75) is 24.9 Å². The first-order valence-corrected chi connectivity index (χ1v) is 16.0. The van der Waals surface area contributed by atoms with Gasteiger partial charge in [-0.3, -0.25) is 14.0 Å². The Balaban J connectivity index is 1.22. The van der Waals surface area contributed by atoms with Crippen LogP contribution >= 0.6 is 0 Å². The molecular formula is C29H29F3N8O4S. The molecule has 0 unspecified atom stereocenters. The number of amides is 2. The number of hydrogen-bond acceptors (Lipinski definition) is 8. The number of aromatic nitrogens is 4. The van der Waals surface area contributed by atoms with Gasteiger partial charge in [0.2, 0.25) is 15.9 Å². The molecule has 0 aliphatic carbocycles. The quantitative estimate of drug-likeness (QED) is 0.325. The molecule has 0 saturated carbocycles. The molecule has 3 aromatic heterocycles. The Hall–Kier alpha value is -4.57. The highest BCUT2D eigenvalue weighted by atomic mass is 32.2. The van der Waals surface area contributed by atoms with Gasteiger partial charge in [-0.05, 0) is 37.1 Å². The van der Waals surface area contributed by atoms with Crippen LogP contribution in [-0.2, 0) is 21.0 Å². The second-order valence-electron chi connectivity index (χ2n) is 11.2. The zero-order chi connectivity index (χ0) is 32.1. The Morgan fingerprint density at radius 3 is 2.47 bits per heavy atom. The zero-order valence-corrected chi connectivity index (χ0v) is 24.8. The van der Waals surface area contributed by atoms with Crippen molar-refractivity contribution in [3.05, 3.63) is 71.9 Å². The number of nitrogens with one attached hydrogen (secondary N) is 1. The first-order valence-electron chi connectivity index (χ1n) is 14.1. The molecule has 1 aromatic carbocycles. The summed E-state index contributed by atoms with van der Waals surface area (Å²) in [5.41, 5.74) is 7.27. The van der Waals surface area contributed by atoms with Crippen molar-refractivity contribution in [3.63, 3.8) is 0 Å². The molecule has 0 radical (unpaired) electrons. The van der Waals surface area contributed by atoms with Crippen LogP contribution in [-0.4, -0.2) is 81.2 Å². The number of halogens is 3. The van der Waals surface area contributed by atoms with Gasteiger partial charge < -0.3 is 16.0 Å². The molecule has 2 saturated heterocycles. The van der Waals surface area contributed by atoms with E-state index in [0.29, 0.717) is 35.7 Å². The van der Waals surface area contributed by atoms with Crippen LogP contribution in [0.15, 0.2) is 55.0 Å². The standard InChI is InChI=1S/C29H29F3N8O4S/c1-45(43,44)39-15-20(16-39)28(42)38-11-2-3-19(14-38)26-37-23(24-25(33)35-10-12-40(24)26)17-4-6-18(7-5-17)27(41)36-22-13-21(8-9-34-22)29(30,31)32/h4-10,12-13,19-20H,2-3,11,14-16H2,1H3,(H2,33,35)(H,34,36,41)/t19-/m1/s1. The van der Waals surface area contributed by atoms with Gasteiger partial charge in [0.25, 0.3) is 5.91 Å². The molecule has 2 amide bonds. The number of alkyl halides is 3. The summed E-state index contributed by atoms with van der Waals surface area (Å²) < 4.78 is 65.8. The van der Waals surface area contributed by atoms with Crippen molar-refractivity contribution >= 4 is 39.0 Å². The van der Waals surface area contributed by atoms with Crippen LogP contribution in [0.2, 0.25) is 0 Å². The van der Waals surface area contributed by atoms with Gasteiger partial charge in [-0.2, -0.15) is 13.2 Å². The van der Waals surface area contributed by atoms with Gasteiger partial charge in [0.15, 0.2) is 0 Å². The number of pyridine rings is 1. The Labute approximate surface area is 256 Å². The van der Waals surface area contributed by atoms with Gasteiger partial charge in [-0.25, -0.2) is 27.7 Å². The first-order chi connectivity index (χ1) is 21.3. The van der Waals surface area contributed by atoms with E-state index >= 15 is 0 Å². The number of imidazole rings is 1. The lowest BCUT2D eigenvalue weighted by Crippen LogP contribution is -2.57. The highest BCUT2D eigenvalue weighted by Crippen LogP contribution is 2.35. The molecule has 45 heavy (non-hydrogen) atoms. The highest BCUT2D eigenvalue weighted by molar-refractivity contribution is 7.88. The fourth-order valence-corrected chi connectivity index (χ4v) is 6.63. The summed E-state index contributed by atoms with van der Waals surface area (Å²) in [6, 6.07) is 7.95. The summed E-state index contributed by atoms with van der Waals surface area (Å²) in [4.78, 5) is 40.7. The molecule has 1 atom stereocenters. The van der Waals surface area contributed by atoms with Crippen molar-refractivity contribution in [2.24, 2.45) is 5.92 Å². The van der Waals surface area contributed by atoms with Crippen LogP contribution < -0.4 is 11.1 Å². The number of hydrogen-bond donors (Lipinski definition) is 2. The van der Waals surface area contributed by atoms with E-state index in [4.69, 9.17) is 10.7 Å². The second kappa shape index (κ2) is 11.4. The van der Waals surface area contributed by atoms with E-state index in [9.17, 15) is 31.2 Å². The third-order valence-electron chi connectivity index (χ3n) is 8.12. The highest BCUT2D eigenvalue weighted by Gasteiger charge is 2.41. The van der Waals surface area contributed by atoms with E-state index in [1.54, 1.807) is 29.4 Å². The van der Waals surface area contributed by atoms with E-state index in [0.717, 1.165) is 37.4 Å². The minimum atomic E-state index is -4.57. The summed E-state index contributed by atoms with van der Waals surface area (Å²) >= 11 is 0. The molecule has 0 spiro atoms. The molecular weight excluding hydrogens is 613 g/mol. The maximum absolute atomic E-state index is 13.2. The number of nitrogens with two attached hydrogens (primary N) is 1. The number of likely N-dealkylation sites (tertiary alicyclic amines) is 1. The van der Waals surface area contributed by atoms with Crippen LogP contribution in [0, 0.1) is 5.92 Å². The predicted octanol–water partition coefficient (Wildman–Crippen LogP) is 3.24. The van der Waals surface area contributed by atoms with Gasteiger partial charge in [0, 0.05) is 61.8 Å². The molecule has 6 rings (SSSR count). The second-order valence-corrected chi connectivity index (χ2v) is 13.2. The number of carbonyl (C=O) groups excluding carboxylic acids is 2. The summed E-state index contributed by atoms with van der Waals surface area (Å²) in [6.07, 6.45) is 2.36. The molecule has 0 bridgehead atoms. The van der Waals surface area contributed by atoms with Gasteiger partial charge in [-0.15, -0.1) is 0 Å². The Kier molecular flexibility index (Phi) is 7.72. The molecule has 5 heterocycles. The van der Waals surface area contributed by atoms with Crippen LogP contribution in [0.5, 0.6) is 0 Å². The van der Waals surface area contributed by atoms with Crippen molar-refractivity contribution in [1.82, 2.24) is 28.6 Å². The van der Waals surface area contributed by atoms with Crippen LogP contribution in [0.4, 0.5) is 24.8 Å². The number of anilines is 2. The lowest BCUT2D eigenvalue weighted by Gasteiger charge is -2.41. The average molecular weight is 643 g/mol. The predicted molar refractivity (Wildman–Crippen MR) is 158 cm³/mol. The Bertz CT molecular complexity index is 1890. The number of benzene rings is 1. The average Bonchev–Trinajstić information content (AvgIpc) is 3.36. The van der Waals surface area contributed by atoms with E-state index < -0.39 is 27.7 Å². The SMILES string of the molecule is CS(=O)(=O)N1CC(C(=O)N2CCC[C@@H](c3nc(-c4ccc(C(=O)Nc5cc(C(F)(F)F)ccn5)cc4)c4c(N)nccn34)C2)C1. The minimum absolute atomic E-state index is 0.0731.